The average Bonchev–Trinajstić information content (AvgIpc) is 2.48. The van der Waals surface area contributed by atoms with Crippen LogP contribution in [0, 0.1) is 0 Å². The minimum atomic E-state index is -0.246. The van der Waals surface area contributed by atoms with Crippen LogP contribution in [0.2, 0.25) is 0 Å². The predicted octanol–water partition coefficient (Wildman–Crippen LogP) is 4.12. The zero-order chi connectivity index (χ0) is 15.0. The van der Waals surface area contributed by atoms with Crippen molar-refractivity contribution >= 4 is 38.2 Å². The Bertz CT molecular complexity index is 859. The van der Waals surface area contributed by atoms with E-state index in [2.05, 4.69) is 15.9 Å². The van der Waals surface area contributed by atoms with Crippen LogP contribution < -0.4 is 5.73 Å². The molecule has 3 nitrogen and oxygen atoms in total. The molecule has 0 aliphatic heterocycles. The minimum absolute atomic E-state index is 0.0647. The van der Waals surface area contributed by atoms with Gasteiger partial charge in [0.25, 0.3) is 0 Å². The summed E-state index contributed by atoms with van der Waals surface area (Å²) >= 11 is 3.42. The summed E-state index contributed by atoms with van der Waals surface area (Å²) in [5.74, 6) is -0.310. The second-order valence-corrected chi connectivity index (χ2v) is 5.73. The van der Waals surface area contributed by atoms with Crippen LogP contribution in [0.5, 0.6) is 5.75 Å². The number of anilines is 1. The first-order chi connectivity index (χ1) is 10.0. The maximum atomic E-state index is 12.5. The number of aromatic hydroxyl groups is 1. The van der Waals surface area contributed by atoms with Gasteiger partial charge < -0.3 is 10.8 Å². The average molecular weight is 342 g/mol. The van der Waals surface area contributed by atoms with Crippen LogP contribution in [0.4, 0.5) is 5.69 Å². The van der Waals surface area contributed by atoms with Crippen LogP contribution in [-0.2, 0) is 0 Å². The van der Waals surface area contributed by atoms with Gasteiger partial charge in [0.2, 0.25) is 0 Å². The van der Waals surface area contributed by atoms with Gasteiger partial charge in [-0.3, -0.25) is 4.79 Å². The van der Waals surface area contributed by atoms with Gasteiger partial charge in [-0.25, -0.2) is 0 Å². The molecule has 3 aromatic rings. The van der Waals surface area contributed by atoms with E-state index in [-0.39, 0.29) is 17.1 Å². The lowest BCUT2D eigenvalue weighted by Crippen LogP contribution is -2.02. The van der Waals surface area contributed by atoms with Crippen molar-refractivity contribution in [3.05, 3.63) is 70.2 Å². The van der Waals surface area contributed by atoms with E-state index in [1.54, 1.807) is 12.1 Å². The number of carbonyl (C=O) groups excluding carboxylic acids is 1. The highest BCUT2D eigenvalue weighted by atomic mass is 79.9. The minimum Gasteiger partial charge on any atom is -0.507 e. The third kappa shape index (κ3) is 2.62. The highest BCUT2D eigenvalue weighted by Crippen LogP contribution is 2.26. The summed E-state index contributed by atoms with van der Waals surface area (Å²) in [6.07, 6.45) is 0. The molecule has 0 fully saturated rings. The Balaban J connectivity index is 2.09. The van der Waals surface area contributed by atoms with E-state index in [1.807, 2.05) is 30.3 Å². The van der Waals surface area contributed by atoms with Gasteiger partial charge in [-0.05, 0) is 47.2 Å². The Hall–Kier alpha value is -2.33. The number of halogens is 1. The number of nitrogens with two attached hydrogens (primary N) is 1. The molecular formula is C17H12BrNO2. The molecule has 0 heterocycles. The molecule has 4 heteroatoms. The van der Waals surface area contributed by atoms with Crippen molar-refractivity contribution in [3.63, 3.8) is 0 Å². The maximum absolute atomic E-state index is 12.5. The molecule has 0 aromatic heterocycles. The van der Waals surface area contributed by atoms with Crippen LogP contribution in [0.3, 0.4) is 0 Å². The normalized spacial score (nSPS) is 10.7. The fraction of sp³-hybridized carbons (Fsp3) is 0. The number of carbonyl (C=O) groups is 1. The van der Waals surface area contributed by atoms with Gasteiger partial charge in [-0.1, -0.05) is 34.1 Å². The van der Waals surface area contributed by atoms with Crippen molar-refractivity contribution in [2.75, 3.05) is 5.73 Å². The highest BCUT2D eigenvalue weighted by Gasteiger charge is 2.14. The van der Waals surface area contributed by atoms with Crippen LogP contribution >= 0.6 is 15.9 Å². The first-order valence-electron chi connectivity index (χ1n) is 6.37. The zero-order valence-electron chi connectivity index (χ0n) is 11.0. The number of phenolic OH excluding ortho intramolecular Hbond substituents is 1. The Kier molecular flexibility index (Phi) is 3.39. The summed E-state index contributed by atoms with van der Waals surface area (Å²) in [6, 6.07) is 15.8. The number of phenols is 1. The number of ketones is 1. The van der Waals surface area contributed by atoms with Crippen LogP contribution in [0.15, 0.2) is 59.1 Å². The molecule has 0 atom stereocenters. The number of nitrogen functional groups attached to an aromatic ring is 1. The fourth-order valence-corrected chi connectivity index (χ4v) is 2.63. The number of hydrogen-bond acceptors (Lipinski definition) is 3. The molecule has 3 aromatic carbocycles. The van der Waals surface area contributed by atoms with E-state index in [1.165, 1.54) is 12.1 Å². The molecule has 0 saturated carbocycles. The third-order valence-corrected chi connectivity index (χ3v) is 3.82. The van der Waals surface area contributed by atoms with Crippen molar-refractivity contribution in [1.82, 2.24) is 0 Å². The van der Waals surface area contributed by atoms with Crippen molar-refractivity contribution in [3.8, 4) is 5.75 Å². The Morgan fingerprint density at radius 3 is 2.48 bits per heavy atom. The molecule has 0 amide bonds. The predicted molar refractivity (Wildman–Crippen MR) is 87.6 cm³/mol. The SMILES string of the molecule is Nc1ccc(O)c(C(=O)c2ccc3cc(Br)ccc3c2)c1. The van der Waals surface area contributed by atoms with Gasteiger partial charge in [-0.15, -0.1) is 0 Å². The zero-order valence-corrected chi connectivity index (χ0v) is 12.6. The summed E-state index contributed by atoms with van der Waals surface area (Å²) in [4.78, 5) is 12.5. The monoisotopic (exact) mass is 341 g/mol. The van der Waals surface area contributed by atoms with Gasteiger partial charge in [0.05, 0.1) is 5.56 Å². The second kappa shape index (κ2) is 5.22. The quantitative estimate of drug-likeness (QED) is 0.418. The molecule has 0 saturated heterocycles. The third-order valence-electron chi connectivity index (χ3n) is 3.33. The number of benzene rings is 3. The van der Waals surface area contributed by atoms with E-state index in [9.17, 15) is 9.90 Å². The summed E-state index contributed by atoms with van der Waals surface area (Å²) < 4.78 is 0.988. The number of rotatable bonds is 2. The van der Waals surface area contributed by atoms with E-state index < -0.39 is 0 Å². The van der Waals surface area contributed by atoms with Gasteiger partial charge >= 0.3 is 0 Å². The van der Waals surface area contributed by atoms with Crippen LogP contribution in [0.25, 0.3) is 10.8 Å². The highest BCUT2D eigenvalue weighted by molar-refractivity contribution is 9.10. The van der Waals surface area contributed by atoms with E-state index in [0.29, 0.717) is 11.3 Å². The number of fused-ring (bicyclic) bond motifs is 1. The molecule has 0 spiro atoms. The molecule has 21 heavy (non-hydrogen) atoms. The topological polar surface area (TPSA) is 63.3 Å². The molecule has 0 bridgehead atoms. The van der Waals surface area contributed by atoms with Crippen LogP contribution in [0.1, 0.15) is 15.9 Å². The summed E-state index contributed by atoms with van der Waals surface area (Å²) in [5.41, 5.74) is 6.86. The van der Waals surface area contributed by atoms with Gasteiger partial charge in [-0.2, -0.15) is 0 Å². The molecule has 104 valence electrons. The Labute approximate surface area is 130 Å². The first kappa shape index (κ1) is 13.6. The van der Waals surface area contributed by atoms with Gasteiger partial charge in [0, 0.05) is 15.7 Å². The van der Waals surface area contributed by atoms with E-state index in [4.69, 9.17) is 5.73 Å². The van der Waals surface area contributed by atoms with E-state index >= 15 is 0 Å². The first-order valence-corrected chi connectivity index (χ1v) is 7.16. The fourth-order valence-electron chi connectivity index (χ4n) is 2.25. The maximum Gasteiger partial charge on any atom is 0.196 e. The molecule has 0 aliphatic rings. The van der Waals surface area contributed by atoms with Crippen molar-refractivity contribution in [1.29, 1.82) is 0 Å². The smallest absolute Gasteiger partial charge is 0.196 e. The van der Waals surface area contributed by atoms with Crippen molar-refractivity contribution in [2.45, 2.75) is 0 Å². The second-order valence-electron chi connectivity index (χ2n) is 4.81. The summed E-state index contributed by atoms with van der Waals surface area (Å²) in [7, 11) is 0. The Morgan fingerprint density at radius 1 is 0.952 bits per heavy atom. The van der Waals surface area contributed by atoms with E-state index in [0.717, 1.165) is 15.2 Å². The van der Waals surface area contributed by atoms with Gasteiger partial charge in [0.15, 0.2) is 5.78 Å². The molecule has 3 N–H and O–H groups in total. The van der Waals surface area contributed by atoms with Crippen molar-refractivity contribution in [2.24, 2.45) is 0 Å². The summed E-state index contributed by atoms with van der Waals surface area (Å²) in [6.45, 7) is 0. The van der Waals surface area contributed by atoms with Crippen LogP contribution in [-0.4, -0.2) is 10.9 Å². The lowest BCUT2D eigenvalue weighted by atomic mass is 9.99. The summed E-state index contributed by atoms with van der Waals surface area (Å²) in [5, 5.41) is 11.8. The van der Waals surface area contributed by atoms with Crippen molar-refractivity contribution < 1.29 is 9.90 Å². The molecule has 0 radical (unpaired) electrons. The lowest BCUT2D eigenvalue weighted by molar-refractivity contribution is 0.103. The molecular weight excluding hydrogens is 330 g/mol. The van der Waals surface area contributed by atoms with Gasteiger partial charge in [0.1, 0.15) is 5.75 Å². The Morgan fingerprint density at radius 2 is 1.67 bits per heavy atom. The standard InChI is InChI=1S/C17H12BrNO2/c18-13-4-3-10-7-12(2-1-11(10)8-13)17(21)15-9-14(19)5-6-16(15)20/h1-9,20H,19H2. The number of hydrogen-bond donors (Lipinski definition) is 2. The largest absolute Gasteiger partial charge is 0.507 e. The molecule has 0 unspecified atom stereocenters. The lowest BCUT2D eigenvalue weighted by Gasteiger charge is -2.06. The molecule has 3 rings (SSSR count). The molecule has 0 aliphatic carbocycles.